The number of pyridine rings is 1. The SMILES string of the molecule is CCOC(=O)N1CCN(C(=NC)NCc2cccc(C)n2)CC1.I. The largest absolute Gasteiger partial charge is 0.450 e. The molecule has 1 aromatic heterocycles. The van der Waals surface area contributed by atoms with Gasteiger partial charge in [0.25, 0.3) is 0 Å². The Bertz CT molecular complexity index is 559. The quantitative estimate of drug-likeness (QED) is 0.435. The molecule has 1 aliphatic rings. The van der Waals surface area contributed by atoms with Gasteiger partial charge in [-0.15, -0.1) is 24.0 Å². The highest BCUT2D eigenvalue weighted by molar-refractivity contribution is 14.0. The molecule has 1 amide bonds. The van der Waals surface area contributed by atoms with Gasteiger partial charge < -0.3 is 19.9 Å². The van der Waals surface area contributed by atoms with E-state index in [0.717, 1.165) is 30.4 Å². The highest BCUT2D eigenvalue weighted by atomic mass is 127. The topological polar surface area (TPSA) is 70.1 Å². The minimum atomic E-state index is -0.237. The molecule has 0 spiro atoms. The van der Waals surface area contributed by atoms with E-state index in [1.807, 2.05) is 32.0 Å². The summed E-state index contributed by atoms with van der Waals surface area (Å²) in [7, 11) is 1.77. The normalized spacial score (nSPS) is 14.9. The van der Waals surface area contributed by atoms with Crippen LogP contribution in [0.15, 0.2) is 23.2 Å². The molecule has 0 radical (unpaired) electrons. The number of carbonyl (C=O) groups excluding carboxylic acids is 1. The lowest BCUT2D eigenvalue weighted by Gasteiger charge is -2.35. The number of aromatic nitrogens is 1. The number of aliphatic imine (C=N–C) groups is 1. The number of hydrogen-bond donors (Lipinski definition) is 1. The van der Waals surface area contributed by atoms with E-state index in [-0.39, 0.29) is 30.1 Å². The Morgan fingerprint density at radius 3 is 2.54 bits per heavy atom. The van der Waals surface area contributed by atoms with Crippen molar-refractivity contribution in [1.29, 1.82) is 0 Å². The summed E-state index contributed by atoms with van der Waals surface area (Å²) in [6, 6.07) is 5.97. The maximum absolute atomic E-state index is 11.7. The van der Waals surface area contributed by atoms with Crippen molar-refractivity contribution in [2.45, 2.75) is 20.4 Å². The van der Waals surface area contributed by atoms with Gasteiger partial charge in [-0.05, 0) is 26.0 Å². The van der Waals surface area contributed by atoms with E-state index >= 15 is 0 Å². The second-order valence-electron chi connectivity index (χ2n) is 5.34. The molecule has 7 nitrogen and oxygen atoms in total. The predicted molar refractivity (Wildman–Crippen MR) is 105 cm³/mol. The predicted octanol–water partition coefficient (Wildman–Crippen LogP) is 1.86. The van der Waals surface area contributed by atoms with Crippen molar-refractivity contribution in [3.8, 4) is 0 Å². The first-order valence-electron chi connectivity index (χ1n) is 7.94. The lowest BCUT2D eigenvalue weighted by molar-refractivity contribution is 0.0914. The van der Waals surface area contributed by atoms with Gasteiger partial charge in [0.05, 0.1) is 18.8 Å². The molecule has 1 aliphatic heterocycles. The zero-order valence-electron chi connectivity index (χ0n) is 14.5. The maximum atomic E-state index is 11.7. The van der Waals surface area contributed by atoms with Gasteiger partial charge in [-0.2, -0.15) is 0 Å². The van der Waals surface area contributed by atoms with E-state index in [2.05, 4.69) is 20.2 Å². The number of nitrogens with one attached hydrogen (secondary N) is 1. The number of piperazine rings is 1. The molecular weight excluding hydrogens is 421 g/mol. The number of carbonyl (C=O) groups is 1. The summed E-state index contributed by atoms with van der Waals surface area (Å²) >= 11 is 0. The Labute approximate surface area is 160 Å². The molecular formula is C16H26IN5O2. The second-order valence-corrected chi connectivity index (χ2v) is 5.34. The number of aryl methyl sites for hydroxylation is 1. The van der Waals surface area contributed by atoms with Crippen LogP contribution >= 0.6 is 24.0 Å². The van der Waals surface area contributed by atoms with Crippen LogP contribution in [-0.2, 0) is 11.3 Å². The molecule has 134 valence electrons. The molecule has 1 N–H and O–H groups in total. The minimum Gasteiger partial charge on any atom is -0.450 e. The zero-order chi connectivity index (χ0) is 16.7. The van der Waals surface area contributed by atoms with Crippen molar-refractivity contribution in [2.24, 2.45) is 4.99 Å². The number of halogens is 1. The molecule has 1 fully saturated rings. The van der Waals surface area contributed by atoms with Gasteiger partial charge in [0.2, 0.25) is 0 Å². The molecule has 0 atom stereocenters. The average Bonchev–Trinajstić information content (AvgIpc) is 2.56. The van der Waals surface area contributed by atoms with Gasteiger partial charge in [-0.1, -0.05) is 6.07 Å². The summed E-state index contributed by atoms with van der Waals surface area (Å²) in [5, 5.41) is 3.33. The van der Waals surface area contributed by atoms with E-state index in [4.69, 9.17) is 4.74 Å². The standard InChI is InChI=1S/C16H25N5O2.HI/c1-4-23-16(22)21-10-8-20(9-11-21)15(17-3)18-12-14-7-5-6-13(2)19-14;/h5-7H,4,8-12H2,1-3H3,(H,17,18);1H. The fourth-order valence-corrected chi connectivity index (χ4v) is 2.52. The van der Waals surface area contributed by atoms with Crippen LogP contribution in [0.5, 0.6) is 0 Å². The number of ether oxygens (including phenoxy) is 1. The summed E-state index contributed by atoms with van der Waals surface area (Å²) in [4.78, 5) is 24.4. The van der Waals surface area contributed by atoms with Crippen LogP contribution in [-0.4, -0.2) is 66.7 Å². The van der Waals surface area contributed by atoms with Crippen molar-refractivity contribution in [3.05, 3.63) is 29.6 Å². The zero-order valence-corrected chi connectivity index (χ0v) is 16.8. The van der Waals surface area contributed by atoms with Crippen molar-refractivity contribution in [2.75, 3.05) is 39.8 Å². The molecule has 0 unspecified atom stereocenters. The van der Waals surface area contributed by atoms with Gasteiger partial charge in [0, 0.05) is 38.9 Å². The summed E-state index contributed by atoms with van der Waals surface area (Å²) in [6.45, 7) is 7.59. The van der Waals surface area contributed by atoms with Crippen LogP contribution in [0.1, 0.15) is 18.3 Å². The molecule has 8 heteroatoms. The van der Waals surface area contributed by atoms with E-state index in [9.17, 15) is 4.79 Å². The highest BCUT2D eigenvalue weighted by Gasteiger charge is 2.23. The number of guanidine groups is 1. The molecule has 24 heavy (non-hydrogen) atoms. The summed E-state index contributed by atoms with van der Waals surface area (Å²) in [6.07, 6.45) is -0.237. The molecule has 1 saturated heterocycles. The minimum absolute atomic E-state index is 0. The third-order valence-electron chi connectivity index (χ3n) is 3.69. The third-order valence-corrected chi connectivity index (χ3v) is 3.69. The van der Waals surface area contributed by atoms with Gasteiger partial charge in [0.15, 0.2) is 5.96 Å². The first kappa shape index (κ1) is 20.5. The first-order valence-corrected chi connectivity index (χ1v) is 7.94. The summed E-state index contributed by atoms with van der Waals surface area (Å²) in [5.41, 5.74) is 1.98. The van der Waals surface area contributed by atoms with Crippen LogP contribution in [0.4, 0.5) is 4.79 Å². The van der Waals surface area contributed by atoms with E-state index < -0.39 is 0 Å². The van der Waals surface area contributed by atoms with Gasteiger partial charge in [-0.25, -0.2) is 4.79 Å². The Morgan fingerprint density at radius 2 is 1.96 bits per heavy atom. The van der Waals surface area contributed by atoms with Gasteiger partial charge >= 0.3 is 6.09 Å². The van der Waals surface area contributed by atoms with Crippen molar-refractivity contribution in [3.63, 3.8) is 0 Å². The van der Waals surface area contributed by atoms with E-state index in [1.165, 1.54) is 0 Å². The van der Waals surface area contributed by atoms with Crippen LogP contribution in [0.3, 0.4) is 0 Å². The van der Waals surface area contributed by atoms with Crippen molar-refractivity contribution in [1.82, 2.24) is 20.1 Å². The molecule has 0 bridgehead atoms. The van der Waals surface area contributed by atoms with E-state index in [0.29, 0.717) is 26.2 Å². The Balaban J connectivity index is 0.00000288. The fraction of sp³-hybridized carbons (Fsp3) is 0.562. The Hall–Kier alpha value is -1.58. The lowest BCUT2D eigenvalue weighted by atomic mass is 10.3. The van der Waals surface area contributed by atoms with Crippen molar-refractivity contribution < 1.29 is 9.53 Å². The monoisotopic (exact) mass is 447 g/mol. The summed E-state index contributed by atoms with van der Waals surface area (Å²) in [5.74, 6) is 0.830. The Morgan fingerprint density at radius 1 is 1.29 bits per heavy atom. The van der Waals surface area contributed by atoms with Crippen LogP contribution in [0, 0.1) is 6.92 Å². The average molecular weight is 447 g/mol. The van der Waals surface area contributed by atoms with Gasteiger partial charge in [0.1, 0.15) is 0 Å². The summed E-state index contributed by atoms with van der Waals surface area (Å²) < 4.78 is 5.03. The number of rotatable bonds is 3. The second kappa shape index (κ2) is 10.3. The molecule has 0 aliphatic carbocycles. The molecule has 0 saturated carbocycles. The first-order chi connectivity index (χ1) is 11.1. The van der Waals surface area contributed by atoms with E-state index in [1.54, 1.807) is 11.9 Å². The van der Waals surface area contributed by atoms with Crippen molar-refractivity contribution >= 4 is 36.0 Å². The Kier molecular flexibility index (Phi) is 8.80. The van der Waals surface area contributed by atoms with Crippen LogP contribution in [0.25, 0.3) is 0 Å². The highest BCUT2D eigenvalue weighted by Crippen LogP contribution is 2.05. The molecule has 2 rings (SSSR count). The molecule has 2 heterocycles. The smallest absolute Gasteiger partial charge is 0.409 e. The van der Waals surface area contributed by atoms with Gasteiger partial charge in [-0.3, -0.25) is 9.98 Å². The molecule has 0 aromatic carbocycles. The molecule has 1 aromatic rings. The lowest BCUT2D eigenvalue weighted by Crippen LogP contribution is -2.53. The maximum Gasteiger partial charge on any atom is 0.409 e. The number of amides is 1. The number of nitrogens with zero attached hydrogens (tertiary/aromatic N) is 4. The van der Waals surface area contributed by atoms with Crippen LogP contribution < -0.4 is 5.32 Å². The fourth-order valence-electron chi connectivity index (χ4n) is 2.52. The third kappa shape index (κ3) is 5.81. The van der Waals surface area contributed by atoms with Crippen LogP contribution in [0.2, 0.25) is 0 Å². The number of hydrogen-bond acceptors (Lipinski definition) is 4.